The zero-order valence-corrected chi connectivity index (χ0v) is 11.0. The molecule has 0 radical (unpaired) electrons. The molecule has 0 aromatic heterocycles. The second-order valence-electron chi connectivity index (χ2n) is 5.44. The molecule has 2 rings (SSSR count). The summed E-state index contributed by atoms with van der Waals surface area (Å²) in [5.74, 6) is 0. The largest absolute Gasteiger partial charge is 0.401 e. The summed E-state index contributed by atoms with van der Waals surface area (Å²) < 4.78 is 37.0. The fourth-order valence-corrected chi connectivity index (χ4v) is 2.79. The van der Waals surface area contributed by atoms with E-state index in [0.717, 1.165) is 17.5 Å². The second-order valence-corrected chi connectivity index (χ2v) is 5.87. The van der Waals surface area contributed by atoms with Gasteiger partial charge < -0.3 is 5.32 Å². The molecule has 1 aromatic carbocycles. The van der Waals surface area contributed by atoms with E-state index < -0.39 is 12.7 Å². The van der Waals surface area contributed by atoms with Crippen LogP contribution in [0.15, 0.2) is 18.2 Å². The first-order chi connectivity index (χ1) is 8.19. The lowest BCUT2D eigenvalue weighted by atomic mass is 9.85. The molecule has 0 heterocycles. The van der Waals surface area contributed by atoms with Gasteiger partial charge in [-0.2, -0.15) is 13.2 Å². The first-order valence-corrected chi connectivity index (χ1v) is 6.15. The van der Waals surface area contributed by atoms with E-state index in [4.69, 9.17) is 11.6 Å². The normalized spacial score (nSPS) is 22.0. The summed E-state index contributed by atoms with van der Waals surface area (Å²) in [6.07, 6.45) is -3.44. The number of rotatable bonds is 2. The molecule has 0 bridgehead atoms. The minimum atomic E-state index is -4.20. The van der Waals surface area contributed by atoms with Crippen molar-refractivity contribution in [3.05, 3.63) is 34.3 Å². The Balaban J connectivity index is 2.26. The lowest BCUT2D eigenvalue weighted by Gasteiger charge is -2.29. The number of alkyl halides is 3. The van der Waals surface area contributed by atoms with Crippen molar-refractivity contribution in [1.29, 1.82) is 0 Å². The van der Waals surface area contributed by atoms with Crippen LogP contribution in [0.25, 0.3) is 0 Å². The maximum absolute atomic E-state index is 12.3. The van der Waals surface area contributed by atoms with Crippen molar-refractivity contribution in [1.82, 2.24) is 5.32 Å². The molecule has 1 unspecified atom stereocenters. The predicted molar refractivity (Wildman–Crippen MR) is 65.7 cm³/mol. The Labute approximate surface area is 109 Å². The summed E-state index contributed by atoms with van der Waals surface area (Å²) in [6.45, 7) is 2.96. The molecule has 0 saturated carbocycles. The van der Waals surface area contributed by atoms with Crippen LogP contribution < -0.4 is 5.32 Å². The van der Waals surface area contributed by atoms with E-state index in [1.807, 2.05) is 19.9 Å². The van der Waals surface area contributed by atoms with Crippen molar-refractivity contribution in [3.63, 3.8) is 0 Å². The van der Waals surface area contributed by atoms with Crippen LogP contribution in [-0.4, -0.2) is 12.7 Å². The highest BCUT2D eigenvalue weighted by atomic mass is 35.5. The third-order valence-corrected chi connectivity index (χ3v) is 3.59. The predicted octanol–water partition coefficient (Wildman–Crippen LogP) is 4.12. The quantitative estimate of drug-likeness (QED) is 0.858. The van der Waals surface area contributed by atoms with Gasteiger partial charge in [-0.15, -0.1) is 0 Å². The molecular weight excluding hydrogens is 263 g/mol. The average molecular weight is 278 g/mol. The summed E-state index contributed by atoms with van der Waals surface area (Å²) in [5.41, 5.74) is 1.72. The highest BCUT2D eigenvalue weighted by Crippen LogP contribution is 2.46. The third kappa shape index (κ3) is 2.81. The average Bonchev–Trinajstić information content (AvgIpc) is 2.44. The van der Waals surface area contributed by atoms with Gasteiger partial charge in [0, 0.05) is 11.1 Å². The number of halogens is 4. The fourth-order valence-electron chi connectivity index (χ4n) is 2.61. The van der Waals surface area contributed by atoms with Gasteiger partial charge in [0.15, 0.2) is 0 Å². The van der Waals surface area contributed by atoms with Crippen molar-refractivity contribution < 1.29 is 13.2 Å². The molecule has 0 saturated heterocycles. The number of fused-ring (bicyclic) bond motifs is 1. The van der Waals surface area contributed by atoms with E-state index in [-0.39, 0.29) is 11.5 Å². The zero-order chi connectivity index (χ0) is 13.6. The fraction of sp³-hybridized carbons (Fsp3) is 0.538. The monoisotopic (exact) mass is 277 g/mol. The van der Waals surface area contributed by atoms with E-state index in [0.29, 0.717) is 5.02 Å². The van der Waals surface area contributed by atoms with Crippen molar-refractivity contribution in [2.45, 2.75) is 32.5 Å². The molecule has 1 aromatic rings. The summed E-state index contributed by atoms with van der Waals surface area (Å²) in [7, 11) is 0. The third-order valence-electron chi connectivity index (χ3n) is 3.35. The Morgan fingerprint density at radius 1 is 1.39 bits per heavy atom. The minimum Gasteiger partial charge on any atom is -0.301 e. The summed E-state index contributed by atoms with van der Waals surface area (Å²) in [4.78, 5) is 0. The summed E-state index contributed by atoms with van der Waals surface area (Å²) in [5, 5.41) is 3.17. The van der Waals surface area contributed by atoms with Gasteiger partial charge in [0.05, 0.1) is 6.54 Å². The van der Waals surface area contributed by atoms with Crippen LogP contribution in [0.5, 0.6) is 0 Å². The minimum absolute atomic E-state index is 0.238. The number of hydrogen-bond acceptors (Lipinski definition) is 1. The highest BCUT2D eigenvalue weighted by molar-refractivity contribution is 6.30. The molecule has 0 fully saturated rings. The Morgan fingerprint density at radius 3 is 2.67 bits per heavy atom. The first kappa shape index (κ1) is 13.7. The van der Waals surface area contributed by atoms with Crippen LogP contribution in [-0.2, 0) is 6.42 Å². The van der Waals surface area contributed by atoms with Gasteiger partial charge in [-0.25, -0.2) is 0 Å². The molecule has 0 aliphatic heterocycles. The van der Waals surface area contributed by atoms with Gasteiger partial charge in [-0.05, 0) is 35.1 Å². The van der Waals surface area contributed by atoms with Gasteiger partial charge in [0.2, 0.25) is 0 Å². The van der Waals surface area contributed by atoms with E-state index >= 15 is 0 Å². The maximum atomic E-state index is 12.3. The lowest BCUT2D eigenvalue weighted by Crippen LogP contribution is -2.37. The van der Waals surface area contributed by atoms with Crippen LogP contribution >= 0.6 is 11.6 Å². The molecule has 1 nitrogen and oxygen atoms in total. The van der Waals surface area contributed by atoms with E-state index in [2.05, 4.69) is 5.32 Å². The van der Waals surface area contributed by atoms with Crippen molar-refractivity contribution >= 4 is 11.6 Å². The molecular formula is C13H15ClF3N. The van der Waals surface area contributed by atoms with Crippen LogP contribution in [0, 0.1) is 5.41 Å². The van der Waals surface area contributed by atoms with Crippen LogP contribution in [0.1, 0.15) is 31.0 Å². The summed E-state index contributed by atoms with van der Waals surface area (Å²) >= 11 is 5.92. The topological polar surface area (TPSA) is 12.0 Å². The van der Waals surface area contributed by atoms with Gasteiger partial charge in [-0.3, -0.25) is 0 Å². The van der Waals surface area contributed by atoms with Crippen molar-refractivity contribution in [2.75, 3.05) is 6.54 Å². The van der Waals surface area contributed by atoms with Crippen LogP contribution in [0.3, 0.4) is 0 Å². The maximum Gasteiger partial charge on any atom is 0.401 e. The smallest absolute Gasteiger partial charge is 0.301 e. The van der Waals surface area contributed by atoms with Gasteiger partial charge in [0.1, 0.15) is 0 Å². The van der Waals surface area contributed by atoms with Gasteiger partial charge in [-0.1, -0.05) is 31.5 Å². The zero-order valence-electron chi connectivity index (χ0n) is 10.2. The molecule has 5 heteroatoms. The van der Waals surface area contributed by atoms with Crippen LogP contribution in [0.2, 0.25) is 5.02 Å². The Morgan fingerprint density at radius 2 is 2.06 bits per heavy atom. The number of nitrogens with one attached hydrogen (secondary N) is 1. The van der Waals surface area contributed by atoms with E-state index in [9.17, 15) is 13.2 Å². The SMILES string of the molecule is CC1(C)Cc2ccc(Cl)cc2C1NCC(F)(F)F. The van der Waals surface area contributed by atoms with Crippen molar-refractivity contribution in [3.8, 4) is 0 Å². The molecule has 18 heavy (non-hydrogen) atoms. The Hall–Kier alpha value is -0.740. The molecule has 0 amide bonds. The Bertz CT molecular complexity index is 454. The molecule has 1 aliphatic rings. The standard InChI is InChI=1S/C13H15ClF3N/c1-12(2)6-8-3-4-9(14)5-10(8)11(12)18-7-13(15,16)17/h3-5,11,18H,6-7H2,1-2H3. The Kier molecular flexibility index (Phi) is 3.36. The molecule has 100 valence electrons. The molecule has 1 aliphatic carbocycles. The molecule has 1 N–H and O–H groups in total. The second kappa shape index (κ2) is 4.42. The van der Waals surface area contributed by atoms with E-state index in [1.165, 1.54) is 0 Å². The number of hydrogen-bond donors (Lipinski definition) is 1. The van der Waals surface area contributed by atoms with Crippen molar-refractivity contribution in [2.24, 2.45) is 5.41 Å². The number of benzene rings is 1. The van der Waals surface area contributed by atoms with Crippen LogP contribution in [0.4, 0.5) is 13.2 Å². The highest BCUT2D eigenvalue weighted by Gasteiger charge is 2.40. The lowest BCUT2D eigenvalue weighted by molar-refractivity contribution is -0.127. The summed E-state index contributed by atoms with van der Waals surface area (Å²) in [6, 6.07) is 5.13. The molecule has 1 atom stereocenters. The van der Waals surface area contributed by atoms with Gasteiger partial charge >= 0.3 is 6.18 Å². The van der Waals surface area contributed by atoms with Gasteiger partial charge in [0.25, 0.3) is 0 Å². The van der Waals surface area contributed by atoms with E-state index in [1.54, 1.807) is 12.1 Å². The first-order valence-electron chi connectivity index (χ1n) is 5.77. The molecule has 0 spiro atoms.